The van der Waals surface area contributed by atoms with Gasteiger partial charge in [-0.2, -0.15) is 0 Å². The number of hydrogen-bond acceptors (Lipinski definition) is 4. The van der Waals surface area contributed by atoms with Gasteiger partial charge in [0.2, 0.25) is 0 Å². The lowest BCUT2D eigenvalue weighted by Gasteiger charge is -2.11. The van der Waals surface area contributed by atoms with E-state index in [0.717, 1.165) is 0 Å². The molecule has 0 aliphatic carbocycles. The number of fused-ring (bicyclic) bond motifs is 1. The van der Waals surface area contributed by atoms with Crippen LogP contribution in [0.2, 0.25) is 10.0 Å². The number of anilines is 1. The minimum atomic E-state index is -4.04. The number of benzene rings is 2. The van der Waals surface area contributed by atoms with Gasteiger partial charge < -0.3 is 15.2 Å². The molecule has 3 N–H and O–H groups in total. The SMILES string of the molecule is CC(C)NC(=O)NS(=O)(=O)c1ccc(NC(=O)c2cc3c(Cl)cc(Cl)cc3n2C)cc1. The Hall–Kier alpha value is -2.75. The van der Waals surface area contributed by atoms with Crippen LogP contribution >= 0.6 is 23.2 Å². The number of sulfonamides is 1. The van der Waals surface area contributed by atoms with Crippen molar-refractivity contribution in [1.29, 1.82) is 0 Å². The first-order valence-corrected chi connectivity index (χ1v) is 11.4. The van der Waals surface area contributed by atoms with E-state index >= 15 is 0 Å². The van der Waals surface area contributed by atoms with Crippen LogP contribution < -0.4 is 15.4 Å². The van der Waals surface area contributed by atoms with E-state index in [1.54, 1.807) is 43.7 Å². The number of carbonyl (C=O) groups excluding carboxylic acids is 2. The monoisotopic (exact) mass is 482 g/mol. The van der Waals surface area contributed by atoms with Crippen LogP contribution in [0.4, 0.5) is 10.5 Å². The van der Waals surface area contributed by atoms with Crippen molar-refractivity contribution >= 4 is 61.8 Å². The van der Waals surface area contributed by atoms with Gasteiger partial charge >= 0.3 is 6.03 Å². The maximum atomic E-state index is 12.7. The zero-order chi connectivity index (χ0) is 22.9. The fourth-order valence-electron chi connectivity index (χ4n) is 2.96. The molecule has 0 bridgehead atoms. The quantitative estimate of drug-likeness (QED) is 0.507. The van der Waals surface area contributed by atoms with Crippen molar-refractivity contribution in [2.75, 3.05) is 5.32 Å². The van der Waals surface area contributed by atoms with Crippen molar-refractivity contribution < 1.29 is 18.0 Å². The molecular weight excluding hydrogens is 463 g/mol. The number of rotatable bonds is 5. The molecule has 11 heteroatoms. The van der Waals surface area contributed by atoms with Crippen LogP contribution in [0.1, 0.15) is 24.3 Å². The lowest BCUT2D eigenvalue weighted by atomic mass is 10.2. The van der Waals surface area contributed by atoms with E-state index in [1.165, 1.54) is 24.3 Å². The predicted octanol–water partition coefficient (Wildman–Crippen LogP) is 4.13. The Balaban J connectivity index is 1.78. The Morgan fingerprint density at radius 2 is 1.68 bits per heavy atom. The molecule has 3 aromatic rings. The van der Waals surface area contributed by atoms with Crippen molar-refractivity contribution in [2.24, 2.45) is 7.05 Å². The second-order valence-corrected chi connectivity index (χ2v) is 9.65. The summed E-state index contributed by atoms with van der Waals surface area (Å²) >= 11 is 12.3. The third-order valence-corrected chi connectivity index (χ3v) is 6.26. The van der Waals surface area contributed by atoms with Crippen LogP contribution in [0.15, 0.2) is 47.4 Å². The number of urea groups is 1. The molecule has 0 fully saturated rings. The Labute approximate surface area is 189 Å². The summed E-state index contributed by atoms with van der Waals surface area (Å²) < 4.78 is 28.2. The van der Waals surface area contributed by atoms with Gasteiger partial charge in [0.05, 0.1) is 15.4 Å². The number of hydrogen-bond donors (Lipinski definition) is 3. The maximum absolute atomic E-state index is 12.7. The molecule has 3 rings (SSSR count). The maximum Gasteiger partial charge on any atom is 0.328 e. The van der Waals surface area contributed by atoms with E-state index in [1.807, 2.05) is 4.72 Å². The van der Waals surface area contributed by atoms with Crippen LogP contribution in [0.3, 0.4) is 0 Å². The second kappa shape index (κ2) is 8.78. The number of halogens is 2. The van der Waals surface area contributed by atoms with E-state index < -0.39 is 22.0 Å². The molecule has 1 aromatic heterocycles. The molecule has 0 aliphatic heterocycles. The van der Waals surface area contributed by atoms with Gasteiger partial charge in [-0.3, -0.25) is 4.79 Å². The zero-order valence-corrected chi connectivity index (χ0v) is 19.2. The van der Waals surface area contributed by atoms with Gasteiger partial charge in [0.15, 0.2) is 0 Å². The second-order valence-electron chi connectivity index (χ2n) is 7.12. The lowest BCUT2D eigenvalue weighted by molar-refractivity contribution is 0.101. The third-order valence-electron chi connectivity index (χ3n) is 4.38. The number of nitrogens with zero attached hydrogens (tertiary/aromatic N) is 1. The zero-order valence-electron chi connectivity index (χ0n) is 16.9. The average molecular weight is 483 g/mol. The highest BCUT2D eigenvalue weighted by Gasteiger charge is 2.19. The summed E-state index contributed by atoms with van der Waals surface area (Å²) in [5.41, 5.74) is 1.43. The van der Waals surface area contributed by atoms with E-state index in [-0.39, 0.29) is 10.9 Å². The molecule has 0 unspecified atom stereocenters. The Morgan fingerprint density at radius 1 is 1.03 bits per heavy atom. The first kappa shape index (κ1) is 22.9. The highest BCUT2D eigenvalue weighted by molar-refractivity contribution is 7.90. The van der Waals surface area contributed by atoms with E-state index in [4.69, 9.17) is 23.2 Å². The standard InChI is InChI=1S/C20H20Cl2N4O4S/c1-11(2)23-20(28)25-31(29,30)14-6-4-13(5-7-14)24-19(27)18-10-15-16(22)8-12(21)9-17(15)26(18)3/h4-11H,1-3H3,(H,24,27)(H2,23,25,28). The van der Waals surface area contributed by atoms with Gasteiger partial charge in [0, 0.05) is 29.2 Å². The van der Waals surface area contributed by atoms with Gasteiger partial charge in [0.25, 0.3) is 15.9 Å². The van der Waals surface area contributed by atoms with Crippen molar-refractivity contribution in [1.82, 2.24) is 14.6 Å². The molecular formula is C20H20Cl2N4O4S. The van der Waals surface area contributed by atoms with Crippen LogP contribution in [0.5, 0.6) is 0 Å². The molecule has 0 aliphatic rings. The fraction of sp³-hybridized carbons (Fsp3) is 0.200. The number of amides is 3. The summed E-state index contributed by atoms with van der Waals surface area (Å²) in [6.07, 6.45) is 0. The van der Waals surface area contributed by atoms with Crippen LogP contribution in [-0.4, -0.2) is 31.0 Å². The van der Waals surface area contributed by atoms with Crippen LogP contribution in [-0.2, 0) is 17.1 Å². The van der Waals surface area contributed by atoms with E-state index in [0.29, 0.717) is 32.3 Å². The Bertz CT molecular complexity index is 1270. The molecule has 31 heavy (non-hydrogen) atoms. The first-order valence-electron chi connectivity index (χ1n) is 9.17. The normalized spacial score (nSPS) is 11.5. The summed E-state index contributed by atoms with van der Waals surface area (Å²) in [4.78, 5) is 24.3. The first-order chi connectivity index (χ1) is 14.5. The molecule has 2 aromatic carbocycles. The summed E-state index contributed by atoms with van der Waals surface area (Å²) in [5.74, 6) is -0.407. The molecule has 0 atom stereocenters. The molecule has 3 amide bonds. The molecule has 0 spiro atoms. The minimum absolute atomic E-state index is 0.115. The highest BCUT2D eigenvalue weighted by atomic mass is 35.5. The average Bonchev–Trinajstić information content (AvgIpc) is 2.98. The van der Waals surface area contributed by atoms with Gasteiger partial charge in [-0.05, 0) is 56.3 Å². The van der Waals surface area contributed by atoms with Crippen molar-refractivity contribution in [3.63, 3.8) is 0 Å². The smallest absolute Gasteiger partial charge is 0.328 e. The van der Waals surface area contributed by atoms with Gasteiger partial charge in [-0.25, -0.2) is 17.9 Å². The molecule has 1 heterocycles. The Morgan fingerprint density at radius 3 is 2.29 bits per heavy atom. The van der Waals surface area contributed by atoms with Crippen LogP contribution in [0, 0.1) is 0 Å². The summed E-state index contributed by atoms with van der Waals surface area (Å²) in [7, 11) is -2.33. The number of aromatic nitrogens is 1. The minimum Gasteiger partial charge on any atom is -0.340 e. The molecule has 0 saturated carbocycles. The molecule has 0 saturated heterocycles. The third kappa shape index (κ3) is 5.12. The Kier molecular flexibility index (Phi) is 6.49. The van der Waals surface area contributed by atoms with Gasteiger partial charge in [0.1, 0.15) is 5.69 Å². The van der Waals surface area contributed by atoms with E-state index in [9.17, 15) is 18.0 Å². The predicted molar refractivity (Wildman–Crippen MR) is 121 cm³/mol. The number of carbonyl (C=O) groups is 2. The van der Waals surface area contributed by atoms with Crippen LogP contribution in [0.25, 0.3) is 10.9 Å². The molecule has 0 radical (unpaired) electrons. The van der Waals surface area contributed by atoms with Crippen molar-refractivity contribution in [3.05, 3.63) is 58.2 Å². The van der Waals surface area contributed by atoms with Crippen molar-refractivity contribution in [2.45, 2.75) is 24.8 Å². The molecule has 8 nitrogen and oxygen atoms in total. The fourth-order valence-corrected chi connectivity index (χ4v) is 4.41. The number of nitrogens with one attached hydrogen (secondary N) is 3. The summed E-state index contributed by atoms with van der Waals surface area (Å²) in [6, 6.07) is 9.37. The van der Waals surface area contributed by atoms with E-state index in [2.05, 4.69) is 10.6 Å². The number of aryl methyl sites for hydroxylation is 1. The van der Waals surface area contributed by atoms with Gasteiger partial charge in [-0.1, -0.05) is 23.2 Å². The molecule has 164 valence electrons. The highest BCUT2D eigenvalue weighted by Crippen LogP contribution is 2.30. The summed E-state index contributed by atoms with van der Waals surface area (Å²) in [5, 5.41) is 6.72. The summed E-state index contributed by atoms with van der Waals surface area (Å²) in [6.45, 7) is 3.42. The van der Waals surface area contributed by atoms with Gasteiger partial charge in [-0.15, -0.1) is 0 Å². The largest absolute Gasteiger partial charge is 0.340 e. The topological polar surface area (TPSA) is 109 Å². The van der Waals surface area contributed by atoms with Crippen molar-refractivity contribution in [3.8, 4) is 0 Å². The lowest BCUT2D eigenvalue weighted by Crippen LogP contribution is -2.42.